The molecule has 6 nitrogen and oxygen atoms in total. The number of hydrogen-bond donors (Lipinski definition) is 1. The van der Waals surface area contributed by atoms with Gasteiger partial charge in [-0.25, -0.2) is 4.79 Å². The van der Waals surface area contributed by atoms with Crippen LogP contribution in [0.1, 0.15) is 36.6 Å². The van der Waals surface area contributed by atoms with E-state index in [1.54, 1.807) is 43.3 Å². The SMILES string of the molecule is Cc1ccc(C(=O)OCCN2C(=O)c3ccccc3C2=O)cc1O. The van der Waals surface area contributed by atoms with Gasteiger partial charge >= 0.3 is 5.97 Å². The minimum Gasteiger partial charge on any atom is -0.508 e. The number of esters is 1. The van der Waals surface area contributed by atoms with Crippen molar-refractivity contribution < 1.29 is 24.2 Å². The molecule has 0 aromatic heterocycles. The molecule has 0 spiro atoms. The van der Waals surface area contributed by atoms with E-state index in [-0.39, 0.29) is 36.3 Å². The van der Waals surface area contributed by atoms with E-state index in [1.807, 2.05) is 0 Å². The average molecular weight is 325 g/mol. The van der Waals surface area contributed by atoms with Crippen LogP contribution in [0.2, 0.25) is 0 Å². The molecule has 2 aromatic carbocycles. The Hall–Kier alpha value is -3.15. The molecule has 0 fully saturated rings. The van der Waals surface area contributed by atoms with Crippen LogP contribution >= 0.6 is 0 Å². The fraction of sp³-hybridized carbons (Fsp3) is 0.167. The van der Waals surface area contributed by atoms with E-state index in [4.69, 9.17) is 4.74 Å². The summed E-state index contributed by atoms with van der Waals surface area (Å²) < 4.78 is 5.08. The second-order valence-electron chi connectivity index (χ2n) is 5.44. The van der Waals surface area contributed by atoms with Crippen molar-refractivity contribution >= 4 is 17.8 Å². The maximum atomic E-state index is 12.2. The van der Waals surface area contributed by atoms with Crippen LogP contribution in [-0.2, 0) is 4.74 Å². The zero-order valence-electron chi connectivity index (χ0n) is 13.0. The normalized spacial score (nSPS) is 13.1. The van der Waals surface area contributed by atoms with Crippen molar-refractivity contribution in [3.05, 3.63) is 64.7 Å². The van der Waals surface area contributed by atoms with Crippen LogP contribution in [0.5, 0.6) is 5.75 Å². The maximum Gasteiger partial charge on any atom is 0.338 e. The molecule has 0 radical (unpaired) electrons. The highest BCUT2D eigenvalue weighted by atomic mass is 16.5. The van der Waals surface area contributed by atoms with E-state index in [0.29, 0.717) is 16.7 Å². The first-order valence-corrected chi connectivity index (χ1v) is 7.41. The molecule has 0 saturated carbocycles. The second kappa shape index (κ2) is 6.16. The third-order valence-corrected chi connectivity index (χ3v) is 3.87. The van der Waals surface area contributed by atoms with Gasteiger partial charge in [-0.2, -0.15) is 0 Å². The number of rotatable bonds is 4. The summed E-state index contributed by atoms with van der Waals surface area (Å²) in [5.74, 6) is -1.40. The van der Waals surface area contributed by atoms with Crippen molar-refractivity contribution in [3.8, 4) is 5.75 Å². The Balaban J connectivity index is 1.61. The minimum atomic E-state index is -0.623. The number of nitrogens with zero attached hydrogens (tertiary/aromatic N) is 1. The Bertz CT molecular complexity index is 808. The van der Waals surface area contributed by atoms with Gasteiger partial charge in [0.05, 0.1) is 23.2 Å². The van der Waals surface area contributed by atoms with Crippen LogP contribution < -0.4 is 0 Å². The number of aromatic hydroxyl groups is 1. The fourth-order valence-corrected chi connectivity index (χ4v) is 2.49. The van der Waals surface area contributed by atoms with Gasteiger partial charge < -0.3 is 9.84 Å². The molecule has 0 aliphatic carbocycles. The summed E-state index contributed by atoms with van der Waals surface area (Å²) in [6.07, 6.45) is 0. The summed E-state index contributed by atoms with van der Waals surface area (Å²) in [5, 5.41) is 9.61. The van der Waals surface area contributed by atoms with Gasteiger partial charge in [0, 0.05) is 0 Å². The zero-order valence-corrected chi connectivity index (χ0v) is 13.0. The van der Waals surface area contributed by atoms with E-state index in [1.165, 1.54) is 6.07 Å². The highest BCUT2D eigenvalue weighted by molar-refractivity contribution is 6.21. The molecular weight excluding hydrogens is 310 g/mol. The van der Waals surface area contributed by atoms with Gasteiger partial charge in [0.1, 0.15) is 12.4 Å². The standard InChI is InChI=1S/C18H15NO5/c1-11-6-7-12(10-15(11)20)18(23)24-9-8-19-16(21)13-4-2-3-5-14(13)17(19)22/h2-7,10,20H,8-9H2,1H3. The smallest absolute Gasteiger partial charge is 0.338 e. The Morgan fingerprint density at radius 1 is 1.08 bits per heavy atom. The predicted molar refractivity (Wildman–Crippen MR) is 84.9 cm³/mol. The molecule has 1 aliphatic heterocycles. The lowest BCUT2D eigenvalue weighted by Crippen LogP contribution is -2.33. The summed E-state index contributed by atoms with van der Waals surface area (Å²) >= 11 is 0. The molecule has 2 aromatic rings. The van der Waals surface area contributed by atoms with Gasteiger partial charge in [0.2, 0.25) is 0 Å². The molecule has 24 heavy (non-hydrogen) atoms. The van der Waals surface area contributed by atoms with Gasteiger partial charge in [-0.3, -0.25) is 14.5 Å². The van der Waals surface area contributed by atoms with E-state index < -0.39 is 5.97 Å². The van der Waals surface area contributed by atoms with Crippen molar-refractivity contribution in [1.29, 1.82) is 0 Å². The van der Waals surface area contributed by atoms with Crippen LogP contribution in [-0.4, -0.2) is 40.9 Å². The van der Waals surface area contributed by atoms with Crippen molar-refractivity contribution in [1.82, 2.24) is 4.90 Å². The molecule has 0 unspecified atom stereocenters. The molecule has 0 saturated heterocycles. The first-order chi connectivity index (χ1) is 11.5. The number of aryl methyl sites for hydroxylation is 1. The average Bonchev–Trinajstić information content (AvgIpc) is 2.82. The fourth-order valence-electron chi connectivity index (χ4n) is 2.49. The van der Waals surface area contributed by atoms with Crippen LogP contribution in [0.3, 0.4) is 0 Å². The van der Waals surface area contributed by atoms with E-state index in [0.717, 1.165) is 4.90 Å². The Labute approximate surface area is 138 Å². The Kier molecular flexibility index (Phi) is 4.04. The molecule has 122 valence electrons. The number of hydrogen-bond acceptors (Lipinski definition) is 5. The molecule has 6 heteroatoms. The summed E-state index contributed by atoms with van der Waals surface area (Å²) in [4.78, 5) is 37.3. The van der Waals surface area contributed by atoms with E-state index in [9.17, 15) is 19.5 Å². The molecule has 1 aliphatic rings. The molecular formula is C18H15NO5. The van der Waals surface area contributed by atoms with Crippen molar-refractivity contribution in [2.45, 2.75) is 6.92 Å². The molecule has 0 bridgehead atoms. The van der Waals surface area contributed by atoms with E-state index in [2.05, 4.69) is 0 Å². The number of phenolic OH excluding ortho intramolecular Hbond substituents is 1. The lowest BCUT2D eigenvalue weighted by molar-refractivity contribution is 0.0420. The highest BCUT2D eigenvalue weighted by Gasteiger charge is 2.34. The number of amides is 2. The first-order valence-electron chi connectivity index (χ1n) is 7.41. The summed E-state index contributed by atoms with van der Waals surface area (Å²) in [6, 6.07) is 11.0. The topological polar surface area (TPSA) is 83.9 Å². The molecule has 2 amide bonds. The number of ether oxygens (including phenoxy) is 1. The number of benzene rings is 2. The third-order valence-electron chi connectivity index (χ3n) is 3.87. The van der Waals surface area contributed by atoms with Gasteiger partial charge in [0.15, 0.2) is 0 Å². The lowest BCUT2D eigenvalue weighted by Gasteiger charge is -2.14. The lowest BCUT2D eigenvalue weighted by atomic mass is 10.1. The van der Waals surface area contributed by atoms with Crippen LogP contribution in [0.15, 0.2) is 42.5 Å². The van der Waals surface area contributed by atoms with Crippen molar-refractivity contribution in [2.75, 3.05) is 13.2 Å². The number of carbonyl (C=O) groups is 3. The van der Waals surface area contributed by atoms with Crippen LogP contribution in [0, 0.1) is 6.92 Å². The largest absolute Gasteiger partial charge is 0.508 e. The molecule has 3 rings (SSSR count). The zero-order chi connectivity index (χ0) is 17.3. The molecule has 1 heterocycles. The monoisotopic (exact) mass is 325 g/mol. The van der Waals surface area contributed by atoms with Crippen LogP contribution in [0.4, 0.5) is 0 Å². The van der Waals surface area contributed by atoms with Gasteiger partial charge in [-0.05, 0) is 36.8 Å². The Morgan fingerprint density at radius 2 is 1.71 bits per heavy atom. The predicted octanol–water partition coefficient (Wildman–Crippen LogP) is 2.15. The number of carbonyl (C=O) groups excluding carboxylic acids is 3. The number of imide groups is 1. The van der Waals surface area contributed by atoms with Crippen LogP contribution in [0.25, 0.3) is 0 Å². The maximum absolute atomic E-state index is 12.2. The third kappa shape index (κ3) is 2.74. The number of phenols is 1. The van der Waals surface area contributed by atoms with Crippen molar-refractivity contribution in [2.24, 2.45) is 0 Å². The van der Waals surface area contributed by atoms with Gasteiger partial charge in [0.25, 0.3) is 11.8 Å². The first kappa shape index (κ1) is 15.7. The summed E-state index contributed by atoms with van der Waals surface area (Å²) in [6.45, 7) is 1.58. The number of fused-ring (bicyclic) bond motifs is 1. The Morgan fingerprint density at radius 3 is 2.29 bits per heavy atom. The van der Waals surface area contributed by atoms with Gasteiger partial charge in [-0.15, -0.1) is 0 Å². The summed E-state index contributed by atoms with van der Waals surface area (Å²) in [5.41, 5.74) is 1.58. The van der Waals surface area contributed by atoms with Gasteiger partial charge in [-0.1, -0.05) is 18.2 Å². The van der Waals surface area contributed by atoms with E-state index >= 15 is 0 Å². The molecule has 0 atom stereocenters. The quantitative estimate of drug-likeness (QED) is 0.688. The minimum absolute atomic E-state index is 0.00444. The molecule has 1 N–H and O–H groups in total. The highest BCUT2D eigenvalue weighted by Crippen LogP contribution is 2.22. The second-order valence-corrected chi connectivity index (χ2v) is 5.44. The summed E-state index contributed by atoms with van der Waals surface area (Å²) in [7, 11) is 0. The van der Waals surface area contributed by atoms with Crippen molar-refractivity contribution in [3.63, 3.8) is 0 Å².